The van der Waals surface area contributed by atoms with Crippen LogP contribution in [0.5, 0.6) is 0 Å². The van der Waals surface area contributed by atoms with Crippen molar-refractivity contribution in [1.29, 1.82) is 0 Å². The van der Waals surface area contributed by atoms with E-state index in [0.717, 1.165) is 0 Å². The molecule has 1 rings (SSSR count). The maximum atomic E-state index is 13.9. The molecule has 0 radical (unpaired) electrons. The van der Waals surface area contributed by atoms with E-state index in [9.17, 15) is 9.18 Å². The average Bonchev–Trinajstić information content (AvgIpc) is 2.65. The lowest BCUT2D eigenvalue weighted by Crippen LogP contribution is -2.32. The number of thiazole rings is 1. The number of nitrogens with zero attached hydrogens (tertiary/aromatic N) is 1. The zero-order valence-electron chi connectivity index (χ0n) is 9.45. The number of halogens is 1. The second-order valence-electron chi connectivity index (χ2n) is 4.76. The Hall–Kier alpha value is -0.770. The summed E-state index contributed by atoms with van der Waals surface area (Å²) in [6, 6.07) is 0. The Kier molecular flexibility index (Phi) is 3.60. The molecule has 15 heavy (non-hydrogen) atoms. The fraction of sp³-hybridized carbons (Fsp3) is 0.636. The quantitative estimate of drug-likeness (QED) is 0.744. The summed E-state index contributed by atoms with van der Waals surface area (Å²) in [5.41, 5.74) is -0.216. The zero-order valence-corrected chi connectivity index (χ0v) is 10.3. The van der Waals surface area contributed by atoms with Gasteiger partial charge in [0, 0.05) is 11.6 Å². The van der Waals surface area contributed by atoms with Gasteiger partial charge in [-0.15, -0.1) is 11.3 Å². The first-order chi connectivity index (χ1) is 6.84. The lowest BCUT2D eigenvalue weighted by atomic mass is 9.78. The topological polar surface area (TPSA) is 30.0 Å². The van der Waals surface area contributed by atoms with E-state index >= 15 is 0 Å². The molecule has 0 bridgehead atoms. The molecule has 0 aliphatic heterocycles. The molecule has 0 N–H and O–H groups in total. The molecule has 2 nitrogen and oxygen atoms in total. The third-order valence-corrected chi connectivity index (χ3v) is 3.49. The summed E-state index contributed by atoms with van der Waals surface area (Å²) in [5.74, 6) is -0.804. The Morgan fingerprint density at radius 3 is 2.53 bits per heavy atom. The van der Waals surface area contributed by atoms with Crippen molar-refractivity contribution in [1.82, 2.24) is 4.98 Å². The summed E-state index contributed by atoms with van der Waals surface area (Å²) >= 11 is 1.19. The molecule has 0 aliphatic carbocycles. The van der Waals surface area contributed by atoms with E-state index in [1.165, 1.54) is 17.5 Å². The highest BCUT2D eigenvalue weighted by Gasteiger charge is 2.34. The first-order valence-corrected chi connectivity index (χ1v) is 5.79. The van der Waals surface area contributed by atoms with Crippen LogP contribution in [0.4, 0.5) is 4.39 Å². The van der Waals surface area contributed by atoms with Crippen LogP contribution in [0.3, 0.4) is 0 Å². The van der Waals surface area contributed by atoms with E-state index in [0.29, 0.717) is 0 Å². The predicted molar refractivity (Wildman–Crippen MR) is 60.0 cm³/mol. The van der Waals surface area contributed by atoms with Crippen LogP contribution >= 0.6 is 11.3 Å². The van der Waals surface area contributed by atoms with E-state index < -0.39 is 12.0 Å². The molecule has 84 valence electrons. The molecule has 4 heteroatoms. The molecular formula is C11H16FNOS. The minimum absolute atomic E-state index is 0.216. The maximum absolute atomic E-state index is 13.9. The highest BCUT2D eigenvalue weighted by atomic mass is 32.1. The molecule has 2 unspecified atom stereocenters. The van der Waals surface area contributed by atoms with Gasteiger partial charge in [-0.05, 0) is 11.3 Å². The monoisotopic (exact) mass is 229 g/mol. The number of rotatable bonds is 3. The van der Waals surface area contributed by atoms with Gasteiger partial charge in [0.25, 0.3) is 0 Å². The Morgan fingerprint density at radius 1 is 1.53 bits per heavy atom. The summed E-state index contributed by atoms with van der Waals surface area (Å²) in [6.07, 6.45) is 0.0583. The van der Waals surface area contributed by atoms with Crippen molar-refractivity contribution in [3.63, 3.8) is 0 Å². The van der Waals surface area contributed by atoms with Crippen LogP contribution in [-0.4, -0.2) is 16.9 Å². The molecule has 0 spiro atoms. The molecule has 0 amide bonds. The lowest BCUT2D eigenvalue weighted by Gasteiger charge is -2.28. The van der Waals surface area contributed by atoms with Crippen LogP contribution in [0.25, 0.3) is 0 Å². The third-order valence-electron chi connectivity index (χ3n) is 2.70. The fourth-order valence-electron chi connectivity index (χ4n) is 1.13. The van der Waals surface area contributed by atoms with Crippen molar-refractivity contribution in [2.45, 2.75) is 33.9 Å². The molecule has 1 aromatic rings. The maximum Gasteiger partial charge on any atom is 0.225 e. The number of hydrogen-bond acceptors (Lipinski definition) is 3. The van der Waals surface area contributed by atoms with Crippen molar-refractivity contribution in [3.05, 3.63) is 16.6 Å². The van der Waals surface area contributed by atoms with Crippen molar-refractivity contribution < 1.29 is 9.18 Å². The summed E-state index contributed by atoms with van der Waals surface area (Å²) in [4.78, 5) is 15.5. The Morgan fingerprint density at radius 2 is 2.13 bits per heavy atom. The van der Waals surface area contributed by atoms with Gasteiger partial charge in [-0.2, -0.15) is 0 Å². The van der Waals surface area contributed by atoms with Crippen LogP contribution in [-0.2, 0) is 0 Å². The van der Waals surface area contributed by atoms with Crippen LogP contribution in [0.1, 0.15) is 37.5 Å². The number of alkyl halides is 1. The summed E-state index contributed by atoms with van der Waals surface area (Å²) in [6.45, 7) is 7.55. The molecule has 1 aromatic heterocycles. The largest absolute Gasteiger partial charge is 0.288 e. The highest BCUT2D eigenvalue weighted by Crippen LogP contribution is 2.31. The SMILES string of the molecule is CC(C(F)C(=O)c1nccs1)C(C)(C)C. The molecule has 1 heterocycles. The molecular weight excluding hydrogens is 213 g/mol. The molecule has 0 saturated carbocycles. The van der Waals surface area contributed by atoms with Gasteiger partial charge in [-0.25, -0.2) is 9.37 Å². The van der Waals surface area contributed by atoms with E-state index in [2.05, 4.69) is 4.98 Å². The van der Waals surface area contributed by atoms with E-state index in [1.807, 2.05) is 20.8 Å². The normalized spacial score (nSPS) is 16.1. The lowest BCUT2D eigenvalue weighted by molar-refractivity contribution is 0.0697. The van der Waals surface area contributed by atoms with Gasteiger partial charge >= 0.3 is 0 Å². The fourth-order valence-corrected chi connectivity index (χ4v) is 1.73. The predicted octanol–water partition coefficient (Wildman–Crippen LogP) is 3.35. The zero-order chi connectivity index (χ0) is 11.6. The van der Waals surface area contributed by atoms with Crippen molar-refractivity contribution in [2.75, 3.05) is 0 Å². The van der Waals surface area contributed by atoms with Crippen LogP contribution in [0, 0.1) is 11.3 Å². The van der Waals surface area contributed by atoms with Crippen LogP contribution in [0.2, 0.25) is 0 Å². The molecule has 0 aromatic carbocycles. The number of hydrogen-bond donors (Lipinski definition) is 0. The van der Waals surface area contributed by atoms with E-state index in [1.54, 1.807) is 12.3 Å². The minimum atomic E-state index is -1.46. The molecule has 0 aliphatic rings. The van der Waals surface area contributed by atoms with Gasteiger partial charge in [-0.1, -0.05) is 27.7 Å². The smallest absolute Gasteiger partial charge is 0.225 e. The van der Waals surface area contributed by atoms with Gasteiger partial charge < -0.3 is 0 Å². The van der Waals surface area contributed by atoms with Crippen molar-refractivity contribution in [2.24, 2.45) is 11.3 Å². The Balaban J connectivity index is 2.78. The van der Waals surface area contributed by atoms with Gasteiger partial charge in [-0.3, -0.25) is 4.79 Å². The minimum Gasteiger partial charge on any atom is -0.288 e. The molecule has 0 fully saturated rings. The van der Waals surface area contributed by atoms with Crippen molar-refractivity contribution in [3.8, 4) is 0 Å². The summed E-state index contributed by atoms with van der Waals surface area (Å²) in [5, 5.41) is 1.94. The summed E-state index contributed by atoms with van der Waals surface area (Å²) < 4.78 is 13.9. The molecule has 0 saturated heterocycles. The number of carbonyl (C=O) groups excluding carboxylic acids is 1. The highest BCUT2D eigenvalue weighted by molar-refractivity contribution is 7.11. The van der Waals surface area contributed by atoms with Gasteiger partial charge in [0.2, 0.25) is 5.78 Å². The van der Waals surface area contributed by atoms with Crippen LogP contribution < -0.4 is 0 Å². The van der Waals surface area contributed by atoms with Crippen LogP contribution in [0.15, 0.2) is 11.6 Å². The van der Waals surface area contributed by atoms with E-state index in [4.69, 9.17) is 0 Å². The number of Topliss-reactive ketones (excluding diaryl/α,β-unsaturated/α-hetero) is 1. The van der Waals surface area contributed by atoms with Gasteiger partial charge in [0.15, 0.2) is 11.2 Å². The second kappa shape index (κ2) is 4.39. The van der Waals surface area contributed by atoms with Gasteiger partial charge in [0.05, 0.1) is 0 Å². The second-order valence-corrected chi connectivity index (χ2v) is 5.65. The average molecular weight is 229 g/mol. The Labute approximate surface area is 93.5 Å². The number of aromatic nitrogens is 1. The first kappa shape index (κ1) is 12.3. The van der Waals surface area contributed by atoms with E-state index in [-0.39, 0.29) is 16.3 Å². The molecule has 2 atom stereocenters. The third kappa shape index (κ3) is 2.84. The number of carbonyl (C=O) groups is 1. The number of ketones is 1. The Bertz CT molecular complexity index is 329. The van der Waals surface area contributed by atoms with Crippen molar-refractivity contribution >= 4 is 17.1 Å². The van der Waals surface area contributed by atoms with Gasteiger partial charge in [0.1, 0.15) is 0 Å². The summed E-state index contributed by atoms with van der Waals surface area (Å²) in [7, 11) is 0. The standard InChI is InChI=1S/C11H16FNOS/c1-7(11(2,3)4)8(12)9(14)10-13-5-6-15-10/h5-8H,1-4H3. The first-order valence-electron chi connectivity index (χ1n) is 4.92.